The number of nitrogens with one attached hydrogen (secondary N) is 1. The van der Waals surface area contributed by atoms with Gasteiger partial charge in [-0.15, -0.1) is 0 Å². The molecule has 1 N–H and O–H groups in total. The summed E-state index contributed by atoms with van der Waals surface area (Å²) in [7, 11) is -3.66. The molecule has 0 aromatic heterocycles. The number of ether oxygens (including phenoxy) is 1. The highest BCUT2D eigenvalue weighted by Gasteiger charge is 2.13. The van der Waals surface area contributed by atoms with Gasteiger partial charge < -0.3 is 4.74 Å². The summed E-state index contributed by atoms with van der Waals surface area (Å²) in [6, 6.07) is 11.4. The number of hydrogen-bond acceptors (Lipinski definition) is 3. The van der Waals surface area contributed by atoms with Crippen molar-refractivity contribution in [3.05, 3.63) is 59.1 Å². The molecule has 2 aromatic carbocycles. The first-order valence-corrected chi connectivity index (χ1v) is 8.02. The third-order valence-corrected chi connectivity index (χ3v) is 4.41. The Morgan fingerprint density at radius 1 is 1.05 bits per heavy atom. The molecular weight excluding hydrogens is 336 g/mol. The summed E-state index contributed by atoms with van der Waals surface area (Å²) >= 11 is 5.71. The Balaban J connectivity index is 2.01. The third kappa shape index (κ3) is 4.66. The monoisotopic (exact) mass is 347 g/mol. The van der Waals surface area contributed by atoms with Gasteiger partial charge in [0.25, 0.3) is 0 Å². The molecule has 0 aliphatic rings. The minimum atomic E-state index is -3.66. The smallest absolute Gasteiger partial charge is 0.387 e. The summed E-state index contributed by atoms with van der Waals surface area (Å²) in [4.78, 5) is 0.0922. The van der Waals surface area contributed by atoms with Gasteiger partial charge in [0.15, 0.2) is 0 Å². The highest BCUT2D eigenvalue weighted by Crippen LogP contribution is 2.16. The molecule has 0 saturated heterocycles. The Kier molecular flexibility index (Phi) is 5.33. The van der Waals surface area contributed by atoms with Crippen LogP contribution in [0, 0.1) is 0 Å². The Hall–Kier alpha value is -1.70. The van der Waals surface area contributed by atoms with Crippen molar-refractivity contribution in [1.82, 2.24) is 4.72 Å². The molecule has 0 atom stereocenters. The van der Waals surface area contributed by atoms with Gasteiger partial charge >= 0.3 is 6.61 Å². The van der Waals surface area contributed by atoms with E-state index in [1.165, 1.54) is 48.5 Å². The van der Waals surface area contributed by atoms with Crippen LogP contribution in [0.1, 0.15) is 5.56 Å². The van der Waals surface area contributed by atoms with E-state index in [-0.39, 0.29) is 17.2 Å². The average molecular weight is 348 g/mol. The standard InChI is InChI=1S/C14H12ClF2NO3S/c15-11-3-7-13(8-4-11)22(19,20)18-9-10-1-5-12(6-2-10)21-14(16)17/h1-8,14,18H,9H2. The molecule has 2 aromatic rings. The van der Waals surface area contributed by atoms with Crippen LogP contribution in [0.15, 0.2) is 53.4 Å². The van der Waals surface area contributed by atoms with Gasteiger partial charge in [-0.05, 0) is 42.0 Å². The Morgan fingerprint density at radius 3 is 2.18 bits per heavy atom. The summed E-state index contributed by atoms with van der Waals surface area (Å²) in [5, 5.41) is 0.438. The molecule has 0 bridgehead atoms. The molecule has 8 heteroatoms. The summed E-state index contributed by atoms with van der Waals surface area (Å²) < 4.78 is 54.8. The van der Waals surface area contributed by atoms with Crippen LogP contribution in [0.5, 0.6) is 5.75 Å². The normalized spacial score (nSPS) is 11.6. The molecular formula is C14H12ClF2NO3S. The van der Waals surface area contributed by atoms with Crippen LogP contribution in [0.2, 0.25) is 5.02 Å². The molecule has 0 heterocycles. The number of benzene rings is 2. The van der Waals surface area contributed by atoms with Gasteiger partial charge in [-0.3, -0.25) is 0 Å². The number of rotatable bonds is 6. The molecule has 4 nitrogen and oxygen atoms in total. The quantitative estimate of drug-likeness (QED) is 0.871. The maximum Gasteiger partial charge on any atom is 0.387 e. The second-order valence-electron chi connectivity index (χ2n) is 4.30. The summed E-state index contributed by atoms with van der Waals surface area (Å²) in [5.74, 6) is 0.0132. The van der Waals surface area contributed by atoms with E-state index in [0.717, 1.165) is 0 Å². The van der Waals surface area contributed by atoms with Crippen LogP contribution in [0.4, 0.5) is 8.78 Å². The fourth-order valence-corrected chi connectivity index (χ4v) is 2.81. The minimum absolute atomic E-state index is 0.0132. The van der Waals surface area contributed by atoms with Crippen LogP contribution in [-0.4, -0.2) is 15.0 Å². The molecule has 0 unspecified atom stereocenters. The van der Waals surface area contributed by atoms with Gasteiger partial charge in [0, 0.05) is 11.6 Å². The van der Waals surface area contributed by atoms with Crippen LogP contribution < -0.4 is 9.46 Å². The van der Waals surface area contributed by atoms with Crippen LogP contribution in [0.25, 0.3) is 0 Å². The zero-order valence-electron chi connectivity index (χ0n) is 11.2. The predicted molar refractivity (Wildman–Crippen MR) is 78.6 cm³/mol. The van der Waals surface area contributed by atoms with E-state index >= 15 is 0 Å². The molecule has 0 fully saturated rings. The zero-order chi connectivity index (χ0) is 16.2. The van der Waals surface area contributed by atoms with Crippen molar-refractivity contribution in [2.75, 3.05) is 0 Å². The van der Waals surface area contributed by atoms with Crippen molar-refractivity contribution in [3.8, 4) is 5.75 Å². The maximum absolute atomic E-state index is 12.1. The van der Waals surface area contributed by atoms with Crippen molar-refractivity contribution in [2.45, 2.75) is 18.1 Å². The Bertz CT molecular complexity index is 719. The molecule has 2 rings (SSSR count). The Labute approximate surface area is 131 Å². The number of hydrogen-bond donors (Lipinski definition) is 1. The SMILES string of the molecule is O=S(=O)(NCc1ccc(OC(F)F)cc1)c1ccc(Cl)cc1. The number of sulfonamides is 1. The maximum atomic E-state index is 12.1. The van der Waals surface area contributed by atoms with Gasteiger partial charge in [0.2, 0.25) is 10.0 Å². The summed E-state index contributed by atoms with van der Waals surface area (Å²) in [6.07, 6.45) is 0. The van der Waals surface area contributed by atoms with Crippen LogP contribution in [0.3, 0.4) is 0 Å². The highest BCUT2D eigenvalue weighted by molar-refractivity contribution is 7.89. The fourth-order valence-electron chi connectivity index (χ4n) is 1.66. The van der Waals surface area contributed by atoms with E-state index in [9.17, 15) is 17.2 Å². The van der Waals surface area contributed by atoms with Gasteiger partial charge in [-0.25, -0.2) is 13.1 Å². The molecule has 0 aliphatic carbocycles. The van der Waals surface area contributed by atoms with Gasteiger partial charge in [-0.2, -0.15) is 8.78 Å². The van der Waals surface area contributed by atoms with Crippen molar-refractivity contribution in [2.24, 2.45) is 0 Å². The van der Waals surface area contributed by atoms with Gasteiger partial charge in [0.05, 0.1) is 4.90 Å². The molecule has 118 valence electrons. The van der Waals surface area contributed by atoms with Crippen LogP contribution in [-0.2, 0) is 16.6 Å². The van der Waals surface area contributed by atoms with E-state index in [0.29, 0.717) is 10.6 Å². The molecule has 0 saturated carbocycles. The van der Waals surface area contributed by atoms with Crippen LogP contribution >= 0.6 is 11.6 Å². The van der Waals surface area contributed by atoms with Crippen molar-refractivity contribution in [1.29, 1.82) is 0 Å². The lowest BCUT2D eigenvalue weighted by Gasteiger charge is -2.08. The molecule has 0 spiro atoms. The first-order chi connectivity index (χ1) is 10.4. The van der Waals surface area contributed by atoms with Gasteiger partial charge in [0.1, 0.15) is 5.75 Å². The molecule has 0 radical (unpaired) electrons. The molecule has 0 amide bonds. The molecule has 0 aliphatic heterocycles. The van der Waals surface area contributed by atoms with Crippen molar-refractivity contribution < 1.29 is 21.9 Å². The van der Waals surface area contributed by atoms with Crippen molar-refractivity contribution in [3.63, 3.8) is 0 Å². The summed E-state index contributed by atoms with van der Waals surface area (Å²) in [5.41, 5.74) is 0.610. The Morgan fingerprint density at radius 2 is 1.64 bits per heavy atom. The first kappa shape index (κ1) is 16.7. The van der Waals surface area contributed by atoms with Gasteiger partial charge in [-0.1, -0.05) is 23.7 Å². The second kappa shape index (κ2) is 7.04. The van der Waals surface area contributed by atoms with E-state index in [4.69, 9.17) is 11.6 Å². The lowest BCUT2D eigenvalue weighted by atomic mass is 10.2. The van der Waals surface area contributed by atoms with E-state index < -0.39 is 16.6 Å². The van der Waals surface area contributed by atoms with E-state index in [2.05, 4.69) is 9.46 Å². The third-order valence-electron chi connectivity index (χ3n) is 2.74. The fraction of sp³-hybridized carbons (Fsp3) is 0.143. The molecule has 22 heavy (non-hydrogen) atoms. The van der Waals surface area contributed by atoms with E-state index in [1.54, 1.807) is 0 Å². The summed E-state index contributed by atoms with van der Waals surface area (Å²) in [6.45, 7) is -2.87. The highest BCUT2D eigenvalue weighted by atomic mass is 35.5. The lowest BCUT2D eigenvalue weighted by Crippen LogP contribution is -2.23. The second-order valence-corrected chi connectivity index (χ2v) is 6.50. The number of halogens is 3. The number of alkyl halides is 2. The minimum Gasteiger partial charge on any atom is -0.435 e. The predicted octanol–water partition coefficient (Wildman–Crippen LogP) is 3.42. The zero-order valence-corrected chi connectivity index (χ0v) is 12.7. The van der Waals surface area contributed by atoms with Crippen molar-refractivity contribution >= 4 is 21.6 Å². The topological polar surface area (TPSA) is 55.4 Å². The average Bonchev–Trinajstić information content (AvgIpc) is 2.46. The largest absolute Gasteiger partial charge is 0.435 e. The van der Waals surface area contributed by atoms with E-state index in [1.807, 2.05) is 0 Å². The first-order valence-electron chi connectivity index (χ1n) is 6.16. The lowest BCUT2D eigenvalue weighted by molar-refractivity contribution is -0.0498.